The van der Waals surface area contributed by atoms with Gasteiger partial charge in [0, 0.05) is 5.56 Å². The monoisotopic (exact) mass is 268 g/mol. The van der Waals surface area contributed by atoms with E-state index in [0.29, 0.717) is 11.5 Å². The Labute approximate surface area is 119 Å². The Bertz CT molecular complexity index is 590. The van der Waals surface area contributed by atoms with Crippen molar-refractivity contribution in [3.05, 3.63) is 59.7 Å². The molecule has 0 saturated heterocycles. The first kappa shape index (κ1) is 14.1. The highest BCUT2D eigenvalue weighted by Crippen LogP contribution is 2.31. The van der Waals surface area contributed by atoms with E-state index in [1.54, 1.807) is 12.1 Å². The molecule has 2 rings (SSSR count). The number of nitrogens with two attached hydrogens (primary N) is 1. The maximum absolute atomic E-state index is 7.38. The fourth-order valence-corrected chi connectivity index (χ4v) is 2.03. The van der Waals surface area contributed by atoms with Gasteiger partial charge >= 0.3 is 0 Å². The van der Waals surface area contributed by atoms with Gasteiger partial charge in [-0.15, -0.1) is 0 Å². The summed E-state index contributed by atoms with van der Waals surface area (Å²) in [6.45, 7) is 4.37. The third-order valence-corrected chi connectivity index (χ3v) is 3.46. The number of nitrogens with one attached hydrogen (secondary N) is 1. The van der Waals surface area contributed by atoms with Crippen molar-refractivity contribution < 1.29 is 4.74 Å². The van der Waals surface area contributed by atoms with E-state index in [-0.39, 0.29) is 5.84 Å². The molecule has 0 amide bonds. The molecular weight excluding hydrogens is 248 g/mol. The van der Waals surface area contributed by atoms with Gasteiger partial charge in [0.1, 0.15) is 17.3 Å². The molecule has 0 heterocycles. The Kier molecular flexibility index (Phi) is 4.41. The molecule has 0 radical (unpaired) electrons. The van der Waals surface area contributed by atoms with E-state index in [2.05, 4.69) is 19.9 Å². The molecule has 0 spiro atoms. The van der Waals surface area contributed by atoms with Crippen molar-refractivity contribution in [2.45, 2.75) is 26.2 Å². The molecule has 0 aliphatic carbocycles. The fourth-order valence-electron chi connectivity index (χ4n) is 2.03. The van der Waals surface area contributed by atoms with Gasteiger partial charge in [-0.25, -0.2) is 0 Å². The summed E-state index contributed by atoms with van der Waals surface area (Å²) in [7, 11) is 0. The van der Waals surface area contributed by atoms with Crippen LogP contribution in [0, 0.1) is 5.41 Å². The van der Waals surface area contributed by atoms with Crippen molar-refractivity contribution in [2.24, 2.45) is 5.73 Å². The van der Waals surface area contributed by atoms with Crippen molar-refractivity contribution in [1.29, 1.82) is 5.41 Å². The van der Waals surface area contributed by atoms with Crippen LogP contribution in [0.15, 0.2) is 48.5 Å². The minimum Gasteiger partial charge on any atom is -0.457 e. The molecule has 1 unspecified atom stereocenters. The lowest BCUT2D eigenvalue weighted by Gasteiger charge is -2.15. The van der Waals surface area contributed by atoms with Crippen LogP contribution in [0.1, 0.15) is 37.3 Å². The molecule has 0 aromatic heterocycles. The number of para-hydroxylation sites is 1. The predicted octanol–water partition coefficient (Wildman–Crippen LogP) is 4.28. The quantitative estimate of drug-likeness (QED) is 0.628. The van der Waals surface area contributed by atoms with Gasteiger partial charge in [-0.3, -0.25) is 5.41 Å². The normalized spacial score (nSPS) is 11.9. The fraction of sp³-hybridized carbons (Fsp3) is 0.235. The highest BCUT2D eigenvalue weighted by Gasteiger charge is 2.10. The molecule has 104 valence electrons. The lowest BCUT2D eigenvalue weighted by molar-refractivity contribution is 0.470. The van der Waals surface area contributed by atoms with E-state index < -0.39 is 0 Å². The van der Waals surface area contributed by atoms with Gasteiger partial charge in [-0.05, 0) is 48.2 Å². The Morgan fingerprint density at radius 2 is 1.80 bits per heavy atom. The van der Waals surface area contributed by atoms with Crippen molar-refractivity contribution in [3.63, 3.8) is 0 Å². The smallest absolute Gasteiger partial charge is 0.130 e. The number of benzene rings is 2. The van der Waals surface area contributed by atoms with Crippen molar-refractivity contribution in [1.82, 2.24) is 0 Å². The van der Waals surface area contributed by atoms with E-state index in [4.69, 9.17) is 15.9 Å². The SMILES string of the molecule is CCC(C)c1ccccc1Oc1ccc(C(=N)N)cc1. The molecule has 2 aromatic rings. The average Bonchev–Trinajstić information content (AvgIpc) is 2.47. The zero-order chi connectivity index (χ0) is 14.5. The van der Waals surface area contributed by atoms with Crippen molar-refractivity contribution >= 4 is 5.84 Å². The van der Waals surface area contributed by atoms with Crippen LogP contribution in [0.5, 0.6) is 11.5 Å². The van der Waals surface area contributed by atoms with E-state index in [1.807, 2.05) is 30.3 Å². The lowest BCUT2D eigenvalue weighted by atomic mass is 9.98. The molecule has 1 atom stereocenters. The van der Waals surface area contributed by atoms with Gasteiger partial charge in [0.25, 0.3) is 0 Å². The zero-order valence-corrected chi connectivity index (χ0v) is 11.9. The topological polar surface area (TPSA) is 59.1 Å². The summed E-state index contributed by atoms with van der Waals surface area (Å²) < 4.78 is 5.96. The van der Waals surface area contributed by atoms with Gasteiger partial charge in [0.05, 0.1) is 0 Å². The lowest BCUT2D eigenvalue weighted by Crippen LogP contribution is -2.10. The maximum atomic E-state index is 7.38. The predicted molar refractivity (Wildman–Crippen MR) is 82.7 cm³/mol. The average molecular weight is 268 g/mol. The van der Waals surface area contributed by atoms with Crippen LogP contribution >= 0.6 is 0 Å². The molecular formula is C17H20N2O. The van der Waals surface area contributed by atoms with Crippen LogP contribution in [-0.4, -0.2) is 5.84 Å². The molecule has 3 nitrogen and oxygen atoms in total. The first-order valence-electron chi connectivity index (χ1n) is 6.83. The van der Waals surface area contributed by atoms with Crippen LogP contribution in [0.4, 0.5) is 0 Å². The van der Waals surface area contributed by atoms with Gasteiger partial charge in [0.2, 0.25) is 0 Å². The Morgan fingerprint density at radius 3 is 2.40 bits per heavy atom. The van der Waals surface area contributed by atoms with Crippen molar-refractivity contribution in [3.8, 4) is 11.5 Å². The molecule has 0 aliphatic heterocycles. The molecule has 0 aliphatic rings. The zero-order valence-electron chi connectivity index (χ0n) is 11.9. The molecule has 3 N–H and O–H groups in total. The number of hydrogen-bond acceptors (Lipinski definition) is 2. The first-order valence-corrected chi connectivity index (χ1v) is 6.83. The summed E-state index contributed by atoms with van der Waals surface area (Å²) >= 11 is 0. The Balaban J connectivity index is 2.23. The van der Waals surface area contributed by atoms with Gasteiger partial charge in [-0.1, -0.05) is 32.0 Å². The number of nitrogen functional groups attached to an aromatic ring is 1. The highest BCUT2D eigenvalue weighted by atomic mass is 16.5. The summed E-state index contributed by atoms with van der Waals surface area (Å²) in [5.41, 5.74) is 7.36. The van der Waals surface area contributed by atoms with Gasteiger partial charge in [-0.2, -0.15) is 0 Å². The van der Waals surface area contributed by atoms with Gasteiger partial charge < -0.3 is 10.5 Å². The van der Waals surface area contributed by atoms with E-state index in [1.165, 1.54) is 5.56 Å². The third kappa shape index (κ3) is 3.18. The number of ether oxygens (including phenoxy) is 1. The van der Waals surface area contributed by atoms with Crippen molar-refractivity contribution in [2.75, 3.05) is 0 Å². The summed E-state index contributed by atoms with van der Waals surface area (Å²) in [5, 5.41) is 7.38. The van der Waals surface area contributed by atoms with E-state index in [0.717, 1.165) is 17.9 Å². The molecule has 0 saturated carbocycles. The molecule has 2 aromatic carbocycles. The first-order chi connectivity index (χ1) is 9.61. The number of amidine groups is 1. The number of hydrogen-bond donors (Lipinski definition) is 2. The second-order valence-corrected chi connectivity index (χ2v) is 4.89. The summed E-state index contributed by atoms with van der Waals surface area (Å²) in [6, 6.07) is 15.4. The van der Waals surface area contributed by atoms with Crippen LogP contribution in [-0.2, 0) is 0 Å². The largest absolute Gasteiger partial charge is 0.457 e. The number of rotatable bonds is 5. The maximum Gasteiger partial charge on any atom is 0.130 e. The summed E-state index contributed by atoms with van der Waals surface area (Å²) in [6.07, 6.45) is 1.07. The second-order valence-electron chi connectivity index (χ2n) is 4.89. The van der Waals surface area contributed by atoms with E-state index >= 15 is 0 Å². The third-order valence-electron chi connectivity index (χ3n) is 3.46. The van der Waals surface area contributed by atoms with Gasteiger partial charge in [0.15, 0.2) is 0 Å². The second kappa shape index (κ2) is 6.24. The molecule has 20 heavy (non-hydrogen) atoms. The van der Waals surface area contributed by atoms with Crippen LogP contribution < -0.4 is 10.5 Å². The van der Waals surface area contributed by atoms with Crippen LogP contribution in [0.3, 0.4) is 0 Å². The molecule has 0 bridgehead atoms. The Hall–Kier alpha value is -2.29. The summed E-state index contributed by atoms with van der Waals surface area (Å²) in [5.74, 6) is 2.17. The van der Waals surface area contributed by atoms with Crippen LogP contribution in [0.25, 0.3) is 0 Å². The van der Waals surface area contributed by atoms with Crippen LogP contribution in [0.2, 0.25) is 0 Å². The highest BCUT2D eigenvalue weighted by molar-refractivity contribution is 5.94. The molecule has 3 heteroatoms. The Morgan fingerprint density at radius 1 is 1.15 bits per heavy atom. The standard InChI is InChI=1S/C17H20N2O/c1-3-12(2)15-6-4-5-7-16(15)20-14-10-8-13(9-11-14)17(18)19/h4-12H,3H2,1-2H3,(H3,18,19). The summed E-state index contributed by atoms with van der Waals surface area (Å²) in [4.78, 5) is 0. The minimum absolute atomic E-state index is 0.0663. The molecule has 0 fully saturated rings. The minimum atomic E-state index is 0.0663. The van der Waals surface area contributed by atoms with E-state index in [9.17, 15) is 0 Å².